The van der Waals surface area contributed by atoms with Crippen molar-refractivity contribution in [3.8, 4) is 16.9 Å². The van der Waals surface area contributed by atoms with Crippen LogP contribution < -0.4 is 4.74 Å². The summed E-state index contributed by atoms with van der Waals surface area (Å²) in [4.78, 5) is 0. The molecule has 1 aliphatic heterocycles. The van der Waals surface area contributed by atoms with E-state index in [1.807, 2.05) is 19.1 Å². The summed E-state index contributed by atoms with van der Waals surface area (Å²) >= 11 is 0. The summed E-state index contributed by atoms with van der Waals surface area (Å²) in [6, 6.07) is 15.3. The minimum atomic E-state index is -0.794. The van der Waals surface area contributed by atoms with Crippen LogP contribution in [0.1, 0.15) is 61.3 Å². The van der Waals surface area contributed by atoms with Crippen LogP contribution in [0.15, 0.2) is 66.7 Å². The molecule has 1 saturated heterocycles. The molecule has 1 heterocycles. The Balaban J connectivity index is 1.24. The second-order valence-corrected chi connectivity index (χ2v) is 9.46. The SMILES string of the molecule is C/C=C/C1CCC(c2ccc(-c3ccc(COc4ccc(C5CO5)c(F)c4)cc3)c(F)c2F)CC1. The van der Waals surface area contributed by atoms with Gasteiger partial charge in [-0.25, -0.2) is 13.2 Å². The van der Waals surface area contributed by atoms with Crippen LogP contribution in [-0.2, 0) is 11.3 Å². The van der Waals surface area contributed by atoms with Crippen LogP contribution in [0.25, 0.3) is 11.1 Å². The van der Waals surface area contributed by atoms with Crippen molar-refractivity contribution in [2.24, 2.45) is 5.92 Å². The molecule has 5 rings (SSSR count). The summed E-state index contributed by atoms with van der Waals surface area (Å²) < 4.78 is 55.1. The molecule has 3 aromatic rings. The molecule has 1 unspecified atom stereocenters. The molecule has 2 nitrogen and oxygen atoms in total. The first-order chi connectivity index (χ1) is 17.0. The topological polar surface area (TPSA) is 21.8 Å². The van der Waals surface area contributed by atoms with Gasteiger partial charge in [-0.15, -0.1) is 0 Å². The molecule has 0 radical (unpaired) electrons. The predicted octanol–water partition coefficient (Wildman–Crippen LogP) is 8.27. The van der Waals surface area contributed by atoms with Crippen LogP contribution >= 0.6 is 0 Å². The Morgan fingerprint density at radius 3 is 2.26 bits per heavy atom. The van der Waals surface area contributed by atoms with Crippen LogP contribution in [0, 0.1) is 23.4 Å². The molecule has 3 aromatic carbocycles. The molecule has 35 heavy (non-hydrogen) atoms. The van der Waals surface area contributed by atoms with Gasteiger partial charge in [0, 0.05) is 17.2 Å². The third kappa shape index (κ3) is 5.30. The summed E-state index contributed by atoms with van der Waals surface area (Å²) in [7, 11) is 0. The Morgan fingerprint density at radius 1 is 0.886 bits per heavy atom. The fourth-order valence-corrected chi connectivity index (χ4v) is 5.03. The van der Waals surface area contributed by atoms with E-state index in [1.165, 1.54) is 6.07 Å². The quantitative estimate of drug-likeness (QED) is 0.252. The zero-order valence-electron chi connectivity index (χ0n) is 19.8. The number of epoxide rings is 1. The van der Waals surface area contributed by atoms with E-state index in [9.17, 15) is 4.39 Å². The first-order valence-corrected chi connectivity index (χ1v) is 12.3. The zero-order chi connectivity index (χ0) is 24.4. The van der Waals surface area contributed by atoms with Gasteiger partial charge < -0.3 is 9.47 Å². The Morgan fingerprint density at radius 2 is 1.60 bits per heavy atom. The average Bonchev–Trinajstić information content (AvgIpc) is 3.71. The number of rotatable bonds is 7. The van der Waals surface area contributed by atoms with E-state index in [-0.39, 0.29) is 30.0 Å². The molecule has 0 N–H and O–H groups in total. The summed E-state index contributed by atoms with van der Waals surface area (Å²) in [5.41, 5.74) is 2.73. The van der Waals surface area contributed by atoms with Crippen molar-refractivity contribution in [1.29, 1.82) is 0 Å². The number of allylic oxidation sites excluding steroid dienone is 2. The maximum atomic E-state index is 15.0. The summed E-state index contributed by atoms with van der Waals surface area (Å²) in [5, 5.41) is 0. The van der Waals surface area contributed by atoms with E-state index in [1.54, 1.807) is 36.4 Å². The number of halogens is 3. The van der Waals surface area contributed by atoms with E-state index in [0.717, 1.165) is 31.2 Å². The van der Waals surface area contributed by atoms with Gasteiger partial charge in [0.15, 0.2) is 11.6 Å². The highest BCUT2D eigenvalue weighted by molar-refractivity contribution is 5.65. The van der Waals surface area contributed by atoms with Crippen molar-refractivity contribution in [1.82, 2.24) is 0 Å². The first-order valence-electron chi connectivity index (χ1n) is 12.3. The molecule has 0 bridgehead atoms. The van der Waals surface area contributed by atoms with Crippen LogP contribution in [-0.4, -0.2) is 6.61 Å². The fourth-order valence-electron chi connectivity index (χ4n) is 5.03. The lowest BCUT2D eigenvalue weighted by atomic mass is 9.78. The van der Waals surface area contributed by atoms with Gasteiger partial charge in [-0.2, -0.15) is 0 Å². The van der Waals surface area contributed by atoms with Crippen molar-refractivity contribution in [2.75, 3.05) is 6.61 Å². The Bertz CT molecular complexity index is 1210. The maximum absolute atomic E-state index is 15.0. The summed E-state index contributed by atoms with van der Waals surface area (Å²) in [5.74, 6) is -0.827. The van der Waals surface area contributed by atoms with E-state index < -0.39 is 11.6 Å². The van der Waals surface area contributed by atoms with Crippen LogP contribution in [0.5, 0.6) is 5.75 Å². The van der Waals surface area contributed by atoms with Crippen molar-refractivity contribution in [3.63, 3.8) is 0 Å². The monoisotopic (exact) mass is 478 g/mol. The maximum Gasteiger partial charge on any atom is 0.166 e. The first kappa shape index (κ1) is 23.7. The van der Waals surface area contributed by atoms with Crippen molar-refractivity contribution >= 4 is 0 Å². The smallest absolute Gasteiger partial charge is 0.166 e. The second-order valence-electron chi connectivity index (χ2n) is 9.46. The number of benzene rings is 3. The third-order valence-electron chi connectivity index (χ3n) is 7.11. The lowest BCUT2D eigenvalue weighted by molar-refractivity contribution is 0.304. The molecule has 0 aromatic heterocycles. The van der Waals surface area contributed by atoms with E-state index >= 15 is 8.78 Å². The van der Waals surface area contributed by atoms with Gasteiger partial charge in [-0.1, -0.05) is 48.6 Å². The van der Waals surface area contributed by atoms with Crippen LogP contribution in [0.2, 0.25) is 0 Å². The lowest BCUT2D eigenvalue weighted by Crippen LogP contribution is -2.13. The highest BCUT2D eigenvalue weighted by atomic mass is 19.2. The minimum Gasteiger partial charge on any atom is -0.489 e. The molecule has 0 amide bonds. The third-order valence-corrected chi connectivity index (χ3v) is 7.11. The largest absolute Gasteiger partial charge is 0.489 e. The molecular weight excluding hydrogens is 449 g/mol. The van der Waals surface area contributed by atoms with Gasteiger partial charge in [0.05, 0.1) is 6.61 Å². The minimum absolute atomic E-state index is 0.0651. The van der Waals surface area contributed by atoms with Gasteiger partial charge in [0.2, 0.25) is 0 Å². The molecule has 182 valence electrons. The standard InChI is InChI=1S/C30H29F3O2/c1-2-3-19-4-8-21(9-5-19)24-14-15-25(30(33)29(24)32)22-10-6-20(7-11-22)17-34-23-12-13-26(27(31)16-23)28-18-35-28/h2-3,6-7,10-16,19,21,28H,4-5,8-9,17-18H2,1H3/b3-2+. The van der Waals surface area contributed by atoms with Gasteiger partial charge in [-0.3, -0.25) is 0 Å². The zero-order valence-corrected chi connectivity index (χ0v) is 19.8. The van der Waals surface area contributed by atoms with Crippen LogP contribution in [0.4, 0.5) is 13.2 Å². The van der Waals surface area contributed by atoms with Crippen LogP contribution in [0.3, 0.4) is 0 Å². The highest BCUT2D eigenvalue weighted by Crippen LogP contribution is 2.39. The molecule has 0 spiro atoms. The van der Waals surface area contributed by atoms with E-state index in [4.69, 9.17) is 9.47 Å². The summed E-state index contributed by atoms with van der Waals surface area (Å²) in [6.45, 7) is 2.81. The second kappa shape index (κ2) is 10.3. The highest BCUT2D eigenvalue weighted by Gasteiger charge is 2.28. The molecule has 1 saturated carbocycles. The molecule has 2 aliphatic rings. The van der Waals surface area contributed by atoms with E-state index in [0.29, 0.717) is 35.0 Å². The molecule has 2 fully saturated rings. The van der Waals surface area contributed by atoms with Crippen molar-refractivity contribution in [3.05, 3.63) is 101 Å². The Hall–Kier alpha value is -3.05. The number of hydrogen-bond donors (Lipinski definition) is 0. The van der Waals surface area contributed by atoms with Crippen molar-refractivity contribution in [2.45, 2.75) is 51.2 Å². The molecule has 1 aliphatic carbocycles. The molecular formula is C30H29F3O2. The average molecular weight is 479 g/mol. The normalized spacial score (nSPS) is 21.9. The van der Waals surface area contributed by atoms with Gasteiger partial charge in [0.1, 0.15) is 24.3 Å². The number of ether oxygens (including phenoxy) is 2. The fraction of sp³-hybridized carbons (Fsp3) is 0.333. The predicted molar refractivity (Wildman–Crippen MR) is 131 cm³/mol. The van der Waals surface area contributed by atoms with Gasteiger partial charge in [-0.05, 0) is 73.3 Å². The van der Waals surface area contributed by atoms with Gasteiger partial charge >= 0.3 is 0 Å². The Labute approximate surface area is 204 Å². The van der Waals surface area contributed by atoms with Crippen molar-refractivity contribution < 1.29 is 22.6 Å². The summed E-state index contributed by atoms with van der Waals surface area (Å²) in [6.07, 6.45) is 7.90. The number of hydrogen-bond acceptors (Lipinski definition) is 2. The van der Waals surface area contributed by atoms with Gasteiger partial charge in [0.25, 0.3) is 0 Å². The lowest BCUT2D eigenvalue weighted by Gasteiger charge is -2.27. The Kier molecular flexibility index (Phi) is 6.96. The molecule has 1 atom stereocenters. The van der Waals surface area contributed by atoms with E-state index in [2.05, 4.69) is 12.2 Å². The molecule has 5 heteroatoms.